The van der Waals surface area contributed by atoms with Crippen molar-refractivity contribution in [3.8, 4) is 0 Å². The molecule has 3 atom stereocenters. The molecule has 0 aliphatic carbocycles. The van der Waals surface area contributed by atoms with Crippen molar-refractivity contribution in [3.63, 3.8) is 0 Å². The Labute approximate surface area is 97.4 Å². The van der Waals surface area contributed by atoms with Crippen molar-refractivity contribution in [2.24, 2.45) is 11.8 Å². The van der Waals surface area contributed by atoms with E-state index in [4.69, 9.17) is 0 Å². The van der Waals surface area contributed by atoms with E-state index in [2.05, 4.69) is 19.2 Å². The summed E-state index contributed by atoms with van der Waals surface area (Å²) in [5, 5.41) is 2.64. The third-order valence-corrected chi connectivity index (χ3v) is 2.97. The summed E-state index contributed by atoms with van der Waals surface area (Å²) in [5.74, 6) is 0.988. The molecule has 0 saturated carbocycles. The van der Waals surface area contributed by atoms with Crippen LogP contribution in [0.4, 0.5) is 0 Å². The molecule has 1 N–H and O–H groups in total. The van der Waals surface area contributed by atoms with Crippen LogP contribution in [0.2, 0.25) is 0 Å². The van der Waals surface area contributed by atoms with Crippen molar-refractivity contribution >= 4 is 11.8 Å². The molecule has 0 aromatic carbocycles. The molecule has 92 valence electrons. The summed E-state index contributed by atoms with van der Waals surface area (Å²) in [7, 11) is 0. The highest BCUT2D eigenvalue weighted by molar-refractivity contribution is 5.86. The van der Waals surface area contributed by atoms with E-state index < -0.39 is 6.04 Å². The molecule has 0 aromatic rings. The van der Waals surface area contributed by atoms with Gasteiger partial charge in [0.25, 0.3) is 0 Å². The maximum Gasteiger partial charge on any atom is 0.244 e. The number of hydrogen-bond acceptors (Lipinski definition) is 2. The van der Waals surface area contributed by atoms with Gasteiger partial charge in [0, 0.05) is 20.0 Å². The van der Waals surface area contributed by atoms with Crippen molar-refractivity contribution in [2.75, 3.05) is 13.1 Å². The van der Waals surface area contributed by atoms with Crippen LogP contribution in [0.15, 0.2) is 0 Å². The second kappa shape index (κ2) is 5.32. The first-order valence-corrected chi connectivity index (χ1v) is 5.96. The number of amides is 2. The van der Waals surface area contributed by atoms with Gasteiger partial charge in [0.15, 0.2) is 0 Å². The van der Waals surface area contributed by atoms with Crippen LogP contribution in [0.3, 0.4) is 0 Å². The number of rotatable bonds is 2. The molecule has 0 radical (unpaired) electrons. The third kappa shape index (κ3) is 3.51. The van der Waals surface area contributed by atoms with Gasteiger partial charge in [-0.05, 0) is 25.2 Å². The normalized spacial score (nSPS) is 27.4. The highest BCUT2D eigenvalue weighted by Gasteiger charge is 2.28. The zero-order chi connectivity index (χ0) is 12.3. The molecule has 4 heteroatoms. The van der Waals surface area contributed by atoms with Gasteiger partial charge in [-0.2, -0.15) is 0 Å². The van der Waals surface area contributed by atoms with Crippen molar-refractivity contribution < 1.29 is 9.59 Å². The molecular weight excluding hydrogens is 204 g/mol. The monoisotopic (exact) mass is 226 g/mol. The van der Waals surface area contributed by atoms with Gasteiger partial charge in [-0.1, -0.05) is 13.8 Å². The lowest BCUT2D eigenvalue weighted by Gasteiger charge is -2.36. The fraction of sp³-hybridized carbons (Fsp3) is 0.833. The Kier molecular flexibility index (Phi) is 4.33. The molecule has 0 aromatic heterocycles. The Balaban J connectivity index is 2.55. The maximum atomic E-state index is 12.0. The maximum absolute atomic E-state index is 12.0. The van der Waals surface area contributed by atoms with Crippen LogP contribution in [-0.2, 0) is 9.59 Å². The summed E-state index contributed by atoms with van der Waals surface area (Å²) in [5.41, 5.74) is 0. The standard InChI is InChI=1S/C12H22N2O2/c1-8-5-9(2)7-14(6-8)12(16)10(3)13-11(4)15/h8-10H,5-7H2,1-4H3,(H,13,15)/t8-,9-,10-/m1/s1. The third-order valence-electron chi connectivity index (χ3n) is 2.97. The van der Waals surface area contributed by atoms with Gasteiger partial charge < -0.3 is 10.2 Å². The van der Waals surface area contributed by atoms with E-state index >= 15 is 0 Å². The van der Waals surface area contributed by atoms with Crippen molar-refractivity contribution in [1.82, 2.24) is 10.2 Å². The number of carbonyl (C=O) groups is 2. The fourth-order valence-corrected chi connectivity index (χ4v) is 2.48. The van der Waals surface area contributed by atoms with E-state index in [-0.39, 0.29) is 11.8 Å². The predicted octanol–water partition coefficient (Wildman–Crippen LogP) is 1.02. The highest BCUT2D eigenvalue weighted by Crippen LogP contribution is 2.21. The van der Waals surface area contributed by atoms with Gasteiger partial charge in [0.1, 0.15) is 6.04 Å². The molecule has 0 unspecified atom stereocenters. The van der Waals surface area contributed by atoms with Crippen LogP contribution in [0.1, 0.15) is 34.1 Å². The minimum atomic E-state index is -0.407. The Morgan fingerprint density at radius 3 is 2.19 bits per heavy atom. The Bertz CT molecular complexity index is 268. The largest absolute Gasteiger partial charge is 0.345 e. The summed E-state index contributed by atoms with van der Waals surface area (Å²) < 4.78 is 0. The molecule has 16 heavy (non-hydrogen) atoms. The summed E-state index contributed by atoms with van der Waals surface area (Å²) in [6.45, 7) is 9.14. The molecule has 1 saturated heterocycles. The lowest BCUT2D eigenvalue weighted by atomic mass is 9.91. The zero-order valence-corrected chi connectivity index (χ0v) is 10.6. The molecule has 1 aliphatic rings. The smallest absolute Gasteiger partial charge is 0.244 e. The van der Waals surface area contributed by atoms with Gasteiger partial charge in [-0.3, -0.25) is 9.59 Å². The Morgan fingerprint density at radius 1 is 1.25 bits per heavy atom. The molecule has 4 nitrogen and oxygen atoms in total. The van der Waals surface area contributed by atoms with Crippen molar-refractivity contribution in [1.29, 1.82) is 0 Å². The van der Waals surface area contributed by atoms with Crippen LogP contribution < -0.4 is 5.32 Å². The summed E-state index contributed by atoms with van der Waals surface area (Å²) >= 11 is 0. The minimum Gasteiger partial charge on any atom is -0.345 e. The SMILES string of the molecule is CC(=O)N[C@H](C)C(=O)N1C[C@H](C)C[C@@H](C)C1. The molecule has 1 aliphatic heterocycles. The van der Waals surface area contributed by atoms with Crippen LogP contribution in [0, 0.1) is 11.8 Å². The molecule has 0 bridgehead atoms. The average Bonchev–Trinajstić information content (AvgIpc) is 2.13. The van der Waals surface area contributed by atoms with Crippen LogP contribution >= 0.6 is 0 Å². The van der Waals surface area contributed by atoms with E-state index in [1.165, 1.54) is 13.3 Å². The van der Waals surface area contributed by atoms with E-state index in [0.717, 1.165) is 13.1 Å². The number of carbonyl (C=O) groups excluding carboxylic acids is 2. The fourth-order valence-electron chi connectivity index (χ4n) is 2.48. The van der Waals surface area contributed by atoms with Gasteiger partial charge in [0.05, 0.1) is 0 Å². The van der Waals surface area contributed by atoms with Crippen molar-refractivity contribution in [3.05, 3.63) is 0 Å². The predicted molar refractivity (Wildman–Crippen MR) is 62.8 cm³/mol. The second-order valence-corrected chi connectivity index (χ2v) is 5.11. The summed E-state index contributed by atoms with van der Waals surface area (Å²) in [6.07, 6.45) is 1.18. The quantitative estimate of drug-likeness (QED) is 0.764. The lowest BCUT2D eigenvalue weighted by Crippen LogP contribution is -2.50. The van der Waals surface area contributed by atoms with Crippen LogP contribution in [0.5, 0.6) is 0 Å². The van der Waals surface area contributed by atoms with Crippen LogP contribution in [0.25, 0.3) is 0 Å². The number of likely N-dealkylation sites (tertiary alicyclic amines) is 1. The molecule has 1 heterocycles. The lowest BCUT2D eigenvalue weighted by molar-refractivity contribution is -0.137. The van der Waals surface area contributed by atoms with Gasteiger partial charge >= 0.3 is 0 Å². The van der Waals surface area contributed by atoms with Gasteiger partial charge in [0.2, 0.25) is 11.8 Å². The topological polar surface area (TPSA) is 49.4 Å². The van der Waals surface area contributed by atoms with E-state index in [1.807, 2.05) is 4.90 Å². The molecular formula is C12H22N2O2. The second-order valence-electron chi connectivity index (χ2n) is 5.11. The molecule has 1 rings (SSSR count). The minimum absolute atomic E-state index is 0.0357. The summed E-state index contributed by atoms with van der Waals surface area (Å²) in [4.78, 5) is 24.8. The number of nitrogens with one attached hydrogen (secondary N) is 1. The number of hydrogen-bond donors (Lipinski definition) is 1. The average molecular weight is 226 g/mol. The van der Waals surface area contributed by atoms with E-state index in [9.17, 15) is 9.59 Å². The molecule has 2 amide bonds. The van der Waals surface area contributed by atoms with Gasteiger partial charge in [-0.25, -0.2) is 0 Å². The van der Waals surface area contributed by atoms with E-state index in [1.54, 1.807) is 6.92 Å². The highest BCUT2D eigenvalue weighted by atomic mass is 16.2. The van der Waals surface area contributed by atoms with Gasteiger partial charge in [-0.15, -0.1) is 0 Å². The molecule has 1 fully saturated rings. The first kappa shape index (κ1) is 13.0. The first-order chi connectivity index (χ1) is 7.40. The summed E-state index contributed by atoms with van der Waals surface area (Å²) in [6, 6.07) is -0.407. The first-order valence-electron chi connectivity index (χ1n) is 5.96. The van der Waals surface area contributed by atoms with E-state index in [0.29, 0.717) is 11.8 Å². The number of nitrogens with zero attached hydrogens (tertiary/aromatic N) is 1. The number of piperidine rings is 1. The Hall–Kier alpha value is -1.06. The molecule has 0 spiro atoms. The van der Waals surface area contributed by atoms with Crippen LogP contribution in [-0.4, -0.2) is 35.8 Å². The zero-order valence-electron chi connectivity index (χ0n) is 10.6. The van der Waals surface area contributed by atoms with Crippen molar-refractivity contribution in [2.45, 2.75) is 40.2 Å². The Morgan fingerprint density at radius 2 is 1.75 bits per heavy atom.